The van der Waals surface area contributed by atoms with Crippen molar-refractivity contribution >= 4 is 12.4 Å². The third kappa shape index (κ3) is 1.89. The lowest BCUT2D eigenvalue weighted by molar-refractivity contribution is 0.0384. The average molecular weight is 240 g/mol. The van der Waals surface area contributed by atoms with E-state index in [1.165, 1.54) is 0 Å². The summed E-state index contributed by atoms with van der Waals surface area (Å²) in [4.78, 5) is 9.19. The third-order valence-corrected chi connectivity index (χ3v) is 3.05. The molecule has 18 heavy (non-hydrogen) atoms. The number of benzene rings is 1. The molecule has 1 fully saturated rings. The van der Waals surface area contributed by atoms with Crippen molar-refractivity contribution in [3.8, 4) is 0 Å². The third-order valence-electron chi connectivity index (χ3n) is 3.05. The van der Waals surface area contributed by atoms with Gasteiger partial charge < -0.3 is 4.74 Å². The van der Waals surface area contributed by atoms with Crippen LogP contribution in [0.4, 0.5) is 0 Å². The highest BCUT2D eigenvalue weighted by molar-refractivity contribution is 5.83. The van der Waals surface area contributed by atoms with E-state index in [4.69, 9.17) is 4.74 Å². The topological polar surface area (TPSA) is 46.0 Å². The maximum atomic E-state index is 5.73. The number of nitrogens with zero attached hydrogens (tertiary/aromatic N) is 2. The van der Waals surface area contributed by atoms with Gasteiger partial charge in [0.2, 0.25) is 5.66 Å². The van der Waals surface area contributed by atoms with Crippen molar-refractivity contribution in [2.75, 3.05) is 13.2 Å². The predicted octanol–water partition coefficient (Wildman–Crippen LogP) is 1.30. The molecular weight excluding hydrogens is 226 g/mol. The van der Waals surface area contributed by atoms with Crippen LogP contribution in [0.2, 0.25) is 0 Å². The molecule has 0 aromatic heterocycles. The van der Waals surface area contributed by atoms with Crippen LogP contribution in [0, 0.1) is 6.07 Å². The average Bonchev–Trinajstić information content (AvgIpc) is 2.85. The van der Waals surface area contributed by atoms with Gasteiger partial charge in [-0.25, -0.2) is 0 Å². The summed E-state index contributed by atoms with van der Waals surface area (Å²) in [5.41, 5.74) is 0.256. The van der Waals surface area contributed by atoms with Crippen molar-refractivity contribution in [1.82, 2.24) is 5.32 Å². The SMILES string of the molecule is [c]1ccc(C2(C3NCCO3)N=CC=CC=N2)cc1. The van der Waals surface area contributed by atoms with Gasteiger partial charge in [-0.15, -0.1) is 0 Å². The fourth-order valence-corrected chi connectivity index (χ4v) is 2.20. The zero-order chi connectivity index (χ0) is 12.3. The Kier molecular flexibility index (Phi) is 3.04. The molecule has 4 heteroatoms. The predicted molar refractivity (Wildman–Crippen MR) is 70.8 cm³/mol. The molecule has 1 N–H and O–H groups in total. The highest BCUT2D eigenvalue weighted by Gasteiger charge is 2.42. The normalized spacial score (nSPS) is 25.2. The minimum absolute atomic E-state index is 0.229. The molecule has 0 aliphatic carbocycles. The second-order valence-electron chi connectivity index (χ2n) is 4.16. The van der Waals surface area contributed by atoms with E-state index in [1.807, 2.05) is 36.4 Å². The van der Waals surface area contributed by atoms with Crippen molar-refractivity contribution in [1.29, 1.82) is 0 Å². The largest absolute Gasteiger partial charge is 0.357 e. The Bertz CT molecular complexity index is 471. The van der Waals surface area contributed by atoms with Crippen molar-refractivity contribution < 1.29 is 4.74 Å². The molecule has 0 amide bonds. The molecule has 3 rings (SSSR count). The molecule has 1 saturated heterocycles. The maximum Gasteiger partial charge on any atom is 0.214 e. The van der Waals surface area contributed by atoms with Gasteiger partial charge in [-0.3, -0.25) is 15.3 Å². The number of nitrogens with one attached hydrogen (secondary N) is 1. The number of ether oxygens (including phenoxy) is 1. The minimum atomic E-state index is -0.741. The zero-order valence-electron chi connectivity index (χ0n) is 9.91. The quantitative estimate of drug-likeness (QED) is 0.847. The summed E-state index contributed by atoms with van der Waals surface area (Å²) >= 11 is 0. The summed E-state index contributed by atoms with van der Waals surface area (Å²) in [6.45, 7) is 1.51. The molecular formula is C14H14N3O. The summed E-state index contributed by atoms with van der Waals surface area (Å²) in [6.07, 6.45) is 7.05. The number of hydrogen-bond acceptors (Lipinski definition) is 4. The molecule has 0 spiro atoms. The van der Waals surface area contributed by atoms with Gasteiger partial charge in [0.15, 0.2) is 6.23 Å². The van der Waals surface area contributed by atoms with Crippen molar-refractivity contribution in [2.45, 2.75) is 11.9 Å². The van der Waals surface area contributed by atoms with Crippen LogP contribution in [-0.4, -0.2) is 31.8 Å². The van der Waals surface area contributed by atoms with E-state index in [0.29, 0.717) is 6.61 Å². The van der Waals surface area contributed by atoms with Gasteiger partial charge in [0.05, 0.1) is 6.61 Å². The smallest absolute Gasteiger partial charge is 0.214 e. The highest BCUT2D eigenvalue weighted by atomic mass is 16.5. The lowest BCUT2D eigenvalue weighted by atomic mass is 9.98. The van der Waals surface area contributed by atoms with E-state index in [1.54, 1.807) is 12.4 Å². The minimum Gasteiger partial charge on any atom is -0.357 e. The second-order valence-corrected chi connectivity index (χ2v) is 4.16. The Morgan fingerprint density at radius 1 is 1.22 bits per heavy atom. The molecule has 91 valence electrons. The van der Waals surface area contributed by atoms with Gasteiger partial charge in [0, 0.05) is 24.5 Å². The van der Waals surface area contributed by atoms with E-state index in [9.17, 15) is 0 Å². The second kappa shape index (κ2) is 4.84. The van der Waals surface area contributed by atoms with Crippen molar-refractivity contribution in [3.63, 3.8) is 0 Å². The van der Waals surface area contributed by atoms with E-state index in [-0.39, 0.29) is 6.23 Å². The van der Waals surface area contributed by atoms with Gasteiger partial charge in [-0.2, -0.15) is 0 Å². The van der Waals surface area contributed by atoms with E-state index in [0.717, 1.165) is 12.1 Å². The number of hydrogen-bond donors (Lipinski definition) is 1. The van der Waals surface area contributed by atoms with E-state index >= 15 is 0 Å². The molecule has 1 aromatic rings. The molecule has 4 nitrogen and oxygen atoms in total. The lowest BCUT2D eigenvalue weighted by Crippen LogP contribution is -2.43. The number of aliphatic imine (C=N–C) groups is 2. The zero-order valence-corrected chi connectivity index (χ0v) is 9.91. The molecule has 1 radical (unpaired) electrons. The highest BCUT2D eigenvalue weighted by Crippen LogP contribution is 2.33. The van der Waals surface area contributed by atoms with E-state index < -0.39 is 5.66 Å². The first-order valence-electron chi connectivity index (χ1n) is 5.99. The summed E-state index contributed by atoms with van der Waals surface area (Å²) in [6, 6.07) is 10.7. The van der Waals surface area contributed by atoms with Crippen LogP contribution in [0.15, 0.2) is 46.4 Å². The van der Waals surface area contributed by atoms with Crippen LogP contribution >= 0.6 is 0 Å². The van der Waals surface area contributed by atoms with E-state index in [2.05, 4.69) is 21.4 Å². The first-order chi connectivity index (χ1) is 8.92. The summed E-state index contributed by atoms with van der Waals surface area (Å²) in [5.74, 6) is 0. The Morgan fingerprint density at radius 2 is 1.94 bits per heavy atom. The monoisotopic (exact) mass is 240 g/mol. The molecule has 2 aliphatic heterocycles. The summed E-state index contributed by atoms with van der Waals surface area (Å²) < 4.78 is 5.73. The Labute approximate surface area is 106 Å². The molecule has 1 aromatic carbocycles. The fourth-order valence-electron chi connectivity index (χ4n) is 2.20. The van der Waals surface area contributed by atoms with Crippen LogP contribution in [0.25, 0.3) is 0 Å². The van der Waals surface area contributed by atoms with Crippen molar-refractivity contribution in [2.24, 2.45) is 9.98 Å². The molecule has 2 heterocycles. The van der Waals surface area contributed by atoms with Crippen LogP contribution in [0.1, 0.15) is 5.56 Å². The number of allylic oxidation sites excluding steroid dienone is 2. The number of rotatable bonds is 2. The standard InChI is InChI=1S/C14H14N3O/c1-2-6-12(7-3-1)14(13-15-10-11-18-13)16-8-4-5-9-17-14/h2-9,13,15H,10-11H2. The van der Waals surface area contributed by atoms with Crippen molar-refractivity contribution in [3.05, 3.63) is 48.0 Å². The van der Waals surface area contributed by atoms with Gasteiger partial charge in [0.25, 0.3) is 0 Å². The van der Waals surface area contributed by atoms with Gasteiger partial charge in [-0.1, -0.05) is 24.3 Å². The van der Waals surface area contributed by atoms with Crippen LogP contribution < -0.4 is 5.32 Å². The Balaban J connectivity index is 2.08. The first kappa shape index (κ1) is 11.3. The molecule has 0 bridgehead atoms. The Hall–Kier alpha value is -1.78. The van der Waals surface area contributed by atoms with Crippen LogP contribution in [0.5, 0.6) is 0 Å². The van der Waals surface area contributed by atoms with Gasteiger partial charge in [0.1, 0.15) is 0 Å². The molecule has 1 unspecified atom stereocenters. The van der Waals surface area contributed by atoms with Crippen LogP contribution in [-0.2, 0) is 10.4 Å². The Morgan fingerprint density at radius 3 is 2.56 bits per heavy atom. The van der Waals surface area contributed by atoms with Gasteiger partial charge in [-0.05, 0) is 18.2 Å². The lowest BCUT2D eigenvalue weighted by Gasteiger charge is -2.31. The van der Waals surface area contributed by atoms with Crippen LogP contribution in [0.3, 0.4) is 0 Å². The molecule has 1 atom stereocenters. The molecule has 2 aliphatic rings. The summed E-state index contributed by atoms with van der Waals surface area (Å²) in [7, 11) is 0. The first-order valence-corrected chi connectivity index (χ1v) is 5.99. The molecule has 0 saturated carbocycles. The van der Waals surface area contributed by atoms with Gasteiger partial charge >= 0.3 is 0 Å². The fraction of sp³-hybridized carbons (Fsp3) is 0.286. The summed E-state index contributed by atoms with van der Waals surface area (Å²) in [5, 5.41) is 3.31. The maximum absolute atomic E-state index is 5.73.